The van der Waals surface area contributed by atoms with Crippen LogP contribution < -0.4 is 9.64 Å². The third-order valence-electron chi connectivity index (χ3n) is 4.78. The highest BCUT2D eigenvalue weighted by atomic mass is 35.5. The van der Waals surface area contributed by atoms with Gasteiger partial charge in [-0.15, -0.1) is 0 Å². The zero-order valence-corrected chi connectivity index (χ0v) is 20.2. The second kappa shape index (κ2) is 10.1. The van der Waals surface area contributed by atoms with Crippen LogP contribution in [-0.4, -0.2) is 22.2 Å². The Hall–Kier alpha value is -2.97. The number of hydrogen-bond acceptors (Lipinski definition) is 5. The molecule has 34 heavy (non-hydrogen) atoms. The van der Waals surface area contributed by atoms with E-state index in [1.165, 1.54) is 18.2 Å². The average molecular weight is 535 g/mol. The first-order valence-corrected chi connectivity index (χ1v) is 11.7. The van der Waals surface area contributed by atoms with Gasteiger partial charge in [0.25, 0.3) is 11.1 Å². The topological polar surface area (TPSA) is 83.9 Å². The van der Waals surface area contributed by atoms with Gasteiger partial charge in [0.2, 0.25) is 0 Å². The van der Waals surface area contributed by atoms with Crippen molar-refractivity contribution in [3.63, 3.8) is 0 Å². The molecular formula is C24H14Cl3NO5S. The minimum Gasteiger partial charge on any atom is -0.486 e. The van der Waals surface area contributed by atoms with E-state index in [-0.39, 0.29) is 32.9 Å². The number of imide groups is 1. The lowest BCUT2D eigenvalue weighted by Gasteiger charge is -2.12. The van der Waals surface area contributed by atoms with E-state index in [9.17, 15) is 14.4 Å². The van der Waals surface area contributed by atoms with Crippen LogP contribution in [0.25, 0.3) is 6.08 Å². The van der Waals surface area contributed by atoms with Crippen molar-refractivity contribution in [1.82, 2.24) is 0 Å². The number of thioether (sulfide) groups is 1. The van der Waals surface area contributed by atoms with Crippen LogP contribution in [0.1, 0.15) is 21.5 Å². The molecule has 0 unspecified atom stereocenters. The summed E-state index contributed by atoms with van der Waals surface area (Å²) in [5.41, 5.74) is 1.85. The van der Waals surface area contributed by atoms with Crippen molar-refractivity contribution >= 4 is 75.4 Å². The number of rotatable bonds is 6. The van der Waals surface area contributed by atoms with Gasteiger partial charge in [0.05, 0.1) is 26.2 Å². The summed E-state index contributed by atoms with van der Waals surface area (Å²) in [7, 11) is 0. The van der Waals surface area contributed by atoms with E-state index in [2.05, 4.69) is 0 Å². The first-order chi connectivity index (χ1) is 16.2. The number of anilines is 1. The maximum absolute atomic E-state index is 12.8. The highest BCUT2D eigenvalue weighted by Gasteiger charge is 2.36. The molecule has 1 N–H and O–H groups in total. The van der Waals surface area contributed by atoms with E-state index < -0.39 is 17.1 Å². The van der Waals surface area contributed by atoms with Crippen LogP contribution in [-0.2, 0) is 11.4 Å². The summed E-state index contributed by atoms with van der Waals surface area (Å²) in [5.74, 6) is -1.23. The highest BCUT2D eigenvalue weighted by molar-refractivity contribution is 8.19. The number of hydrogen-bond donors (Lipinski definition) is 1. The molecule has 172 valence electrons. The molecular weight excluding hydrogens is 521 g/mol. The van der Waals surface area contributed by atoms with Gasteiger partial charge in [-0.05, 0) is 77.5 Å². The van der Waals surface area contributed by atoms with Crippen LogP contribution in [0.15, 0.2) is 65.6 Å². The molecule has 1 heterocycles. The third-order valence-corrected chi connectivity index (χ3v) is 6.46. The summed E-state index contributed by atoms with van der Waals surface area (Å²) in [6.45, 7) is 0.124. The molecule has 1 saturated heterocycles. The molecule has 0 radical (unpaired) electrons. The SMILES string of the molecule is O=C(O)c1ccc(COc2c(Cl)cc(/C=C3/SC(=O)N(c4ccc(Cl)cc4)C3=O)cc2Cl)cc1. The summed E-state index contributed by atoms with van der Waals surface area (Å²) in [5, 5.41) is 9.49. The minimum atomic E-state index is -1.01. The molecule has 0 bridgehead atoms. The van der Waals surface area contributed by atoms with Gasteiger partial charge < -0.3 is 9.84 Å². The normalized spacial score (nSPS) is 14.7. The number of carbonyl (C=O) groups is 3. The maximum Gasteiger partial charge on any atom is 0.335 e. The number of nitrogens with zero attached hydrogens (tertiary/aromatic N) is 1. The Morgan fingerprint density at radius 1 is 0.971 bits per heavy atom. The number of carboxylic acid groups (broad SMARTS) is 1. The quantitative estimate of drug-likeness (QED) is 0.338. The Kier molecular flexibility index (Phi) is 7.19. The molecule has 1 aliphatic rings. The van der Waals surface area contributed by atoms with Crippen LogP contribution in [0.4, 0.5) is 10.5 Å². The molecule has 0 spiro atoms. The summed E-state index contributed by atoms with van der Waals surface area (Å²) in [6.07, 6.45) is 1.53. The van der Waals surface area contributed by atoms with Gasteiger partial charge in [-0.25, -0.2) is 9.69 Å². The van der Waals surface area contributed by atoms with E-state index in [1.54, 1.807) is 48.5 Å². The third kappa shape index (κ3) is 5.23. The second-order valence-electron chi connectivity index (χ2n) is 7.10. The largest absolute Gasteiger partial charge is 0.486 e. The average Bonchev–Trinajstić information content (AvgIpc) is 3.07. The van der Waals surface area contributed by atoms with E-state index in [4.69, 9.17) is 44.6 Å². The van der Waals surface area contributed by atoms with Crippen molar-refractivity contribution in [2.75, 3.05) is 4.90 Å². The standard InChI is InChI=1S/C24H14Cl3NO5S/c25-16-5-7-17(8-6-16)28-22(29)20(34-24(28)32)11-14-9-18(26)21(19(27)10-14)33-12-13-1-3-15(4-2-13)23(30)31/h1-11H,12H2,(H,30,31)/b20-11+. The van der Waals surface area contributed by atoms with Gasteiger partial charge >= 0.3 is 5.97 Å². The first-order valence-electron chi connectivity index (χ1n) is 9.70. The molecule has 1 fully saturated rings. The van der Waals surface area contributed by atoms with Crippen LogP contribution in [0.3, 0.4) is 0 Å². The second-order valence-corrected chi connectivity index (χ2v) is 9.34. The van der Waals surface area contributed by atoms with Gasteiger partial charge in [-0.2, -0.15) is 0 Å². The Morgan fingerprint density at radius 3 is 2.18 bits per heavy atom. The Balaban J connectivity index is 1.51. The van der Waals surface area contributed by atoms with E-state index in [1.807, 2.05) is 0 Å². The van der Waals surface area contributed by atoms with Gasteiger partial charge in [0.15, 0.2) is 5.75 Å². The van der Waals surface area contributed by atoms with E-state index in [0.29, 0.717) is 16.3 Å². The van der Waals surface area contributed by atoms with E-state index in [0.717, 1.165) is 22.2 Å². The Labute approximate surface area is 213 Å². The zero-order chi connectivity index (χ0) is 24.4. The Morgan fingerprint density at radius 2 is 1.59 bits per heavy atom. The molecule has 4 rings (SSSR count). The molecule has 6 nitrogen and oxygen atoms in total. The maximum atomic E-state index is 12.8. The molecule has 0 saturated carbocycles. The van der Waals surface area contributed by atoms with Crippen LogP contribution in [0.5, 0.6) is 5.75 Å². The van der Waals surface area contributed by atoms with Crippen LogP contribution >= 0.6 is 46.6 Å². The molecule has 3 aromatic carbocycles. The first kappa shape index (κ1) is 24.2. The van der Waals surface area contributed by atoms with Gasteiger partial charge in [0, 0.05) is 5.02 Å². The number of halogens is 3. The van der Waals surface area contributed by atoms with Gasteiger partial charge in [-0.3, -0.25) is 9.59 Å². The van der Waals surface area contributed by atoms with Crippen LogP contribution in [0.2, 0.25) is 15.1 Å². The number of benzene rings is 3. The number of ether oxygens (including phenoxy) is 1. The number of carbonyl (C=O) groups excluding carboxylic acids is 2. The smallest absolute Gasteiger partial charge is 0.335 e. The van der Waals surface area contributed by atoms with Crippen molar-refractivity contribution in [3.8, 4) is 5.75 Å². The number of carboxylic acids is 1. The summed E-state index contributed by atoms with van der Waals surface area (Å²) in [4.78, 5) is 37.5. The van der Waals surface area contributed by atoms with Crippen molar-refractivity contribution < 1.29 is 24.2 Å². The monoisotopic (exact) mass is 533 g/mol. The van der Waals surface area contributed by atoms with Crippen molar-refractivity contribution in [2.24, 2.45) is 0 Å². The molecule has 0 atom stereocenters. The summed E-state index contributed by atoms with van der Waals surface area (Å²) >= 11 is 19.4. The van der Waals surface area contributed by atoms with E-state index >= 15 is 0 Å². The molecule has 3 aromatic rings. The highest BCUT2D eigenvalue weighted by Crippen LogP contribution is 2.39. The fraction of sp³-hybridized carbons (Fsp3) is 0.0417. The van der Waals surface area contributed by atoms with Crippen molar-refractivity contribution in [1.29, 1.82) is 0 Å². The van der Waals surface area contributed by atoms with Crippen molar-refractivity contribution in [2.45, 2.75) is 6.61 Å². The zero-order valence-electron chi connectivity index (χ0n) is 17.1. The molecule has 10 heteroatoms. The number of amides is 2. The summed E-state index contributed by atoms with van der Waals surface area (Å²) in [6, 6.07) is 15.8. The van der Waals surface area contributed by atoms with Gasteiger partial charge in [0.1, 0.15) is 6.61 Å². The molecule has 2 amide bonds. The summed E-state index contributed by atoms with van der Waals surface area (Å²) < 4.78 is 5.72. The fourth-order valence-electron chi connectivity index (χ4n) is 3.13. The van der Waals surface area contributed by atoms with Crippen LogP contribution in [0, 0.1) is 0 Å². The fourth-order valence-corrected chi connectivity index (χ4v) is 4.71. The predicted octanol–water partition coefficient (Wildman–Crippen LogP) is 7.16. The van der Waals surface area contributed by atoms with Crippen molar-refractivity contribution in [3.05, 3.63) is 97.3 Å². The minimum absolute atomic E-state index is 0.124. The molecule has 1 aliphatic heterocycles. The lowest BCUT2D eigenvalue weighted by atomic mass is 10.1. The lowest BCUT2D eigenvalue weighted by molar-refractivity contribution is -0.113. The number of aromatic carboxylic acids is 1. The lowest BCUT2D eigenvalue weighted by Crippen LogP contribution is -2.27. The predicted molar refractivity (Wildman–Crippen MR) is 134 cm³/mol. The van der Waals surface area contributed by atoms with Gasteiger partial charge in [-0.1, -0.05) is 46.9 Å². The molecule has 0 aromatic heterocycles. The Bertz CT molecular complexity index is 1300. The molecule has 0 aliphatic carbocycles.